The summed E-state index contributed by atoms with van der Waals surface area (Å²) in [6, 6.07) is 8.93. The summed E-state index contributed by atoms with van der Waals surface area (Å²) in [6.45, 7) is 5.50. The molecule has 1 aromatic carbocycles. The molecular weight excluding hydrogens is 278 g/mol. The van der Waals surface area contributed by atoms with Crippen molar-refractivity contribution in [1.82, 2.24) is 5.32 Å². The van der Waals surface area contributed by atoms with Gasteiger partial charge in [-0.1, -0.05) is 30.3 Å². The van der Waals surface area contributed by atoms with E-state index in [0.29, 0.717) is 0 Å². The van der Waals surface area contributed by atoms with Crippen LogP contribution in [0, 0.1) is 0 Å². The smallest absolute Gasteiger partial charge is 0.408 e. The lowest BCUT2D eigenvalue weighted by Gasteiger charge is -2.23. The van der Waals surface area contributed by atoms with Gasteiger partial charge in [-0.25, -0.2) is 9.00 Å². The zero-order valence-electron chi connectivity index (χ0n) is 12.2. The van der Waals surface area contributed by atoms with Crippen molar-refractivity contribution in [2.75, 3.05) is 12.9 Å². The maximum absolute atomic E-state index is 11.8. The summed E-state index contributed by atoms with van der Waals surface area (Å²) in [5, 5.41) is 2.72. The first-order chi connectivity index (χ1) is 9.28. The van der Waals surface area contributed by atoms with Crippen LogP contribution < -0.4 is 5.32 Å². The summed E-state index contributed by atoms with van der Waals surface area (Å²) in [7, 11) is 0. The molecule has 0 aliphatic heterocycles. The van der Waals surface area contributed by atoms with E-state index in [1.165, 1.54) is 6.26 Å². The zero-order chi connectivity index (χ0) is 15.2. The molecular formula is C14H21NO4S. The van der Waals surface area contributed by atoms with Crippen LogP contribution in [-0.4, -0.2) is 28.8 Å². The predicted molar refractivity (Wildman–Crippen MR) is 78.6 cm³/mol. The third-order valence-electron chi connectivity index (χ3n) is 2.29. The minimum Gasteiger partial charge on any atom is -0.444 e. The number of alkyl carbamates (subject to hydrolysis) is 1. The van der Waals surface area contributed by atoms with Crippen LogP contribution in [0.15, 0.2) is 30.3 Å². The molecule has 2 atom stereocenters. The van der Waals surface area contributed by atoms with Crippen molar-refractivity contribution >= 4 is 17.2 Å². The first-order valence-electron chi connectivity index (χ1n) is 6.29. The topological polar surface area (TPSA) is 64.6 Å². The largest absolute Gasteiger partial charge is 0.444 e. The van der Waals surface area contributed by atoms with Gasteiger partial charge in [0.2, 0.25) is 0 Å². The number of carbonyl (C=O) groups excluding carboxylic acids is 1. The fraction of sp³-hybridized carbons (Fsp3) is 0.500. The molecule has 0 saturated heterocycles. The van der Waals surface area contributed by atoms with Gasteiger partial charge in [0.15, 0.2) is 11.1 Å². The second-order valence-electron chi connectivity index (χ2n) is 5.30. The molecule has 0 saturated carbocycles. The Kier molecular flexibility index (Phi) is 6.16. The quantitative estimate of drug-likeness (QED) is 0.907. The van der Waals surface area contributed by atoms with Crippen LogP contribution in [0.4, 0.5) is 4.79 Å². The minimum atomic E-state index is -1.39. The Labute approximate surface area is 122 Å². The molecule has 0 heterocycles. The number of amides is 1. The van der Waals surface area contributed by atoms with E-state index in [9.17, 15) is 9.00 Å². The van der Waals surface area contributed by atoms with E-state index < -0.39 is 28.8 Å². The van der Waals surface area contributed by atoms with Crippen molar-refractivity contribution < 1.29 is 17.9 Å². The summed E-state index contributed by atoms with van der Waals surface area (Å²) >= 11 is -1.39. The molecule has 2 unspecified atom stereocenters. The van der Waals surface area contributed by atoms with Crippen molar-refractivity contribution in [3.63, 3.8) is 0 Å². The maximum atomic E-state index is 11.8. The Balaban J connectivity index is 2.73. The Morgan fingerprint density at radius 2 is 1.90 bits per heavy atom. The lowest BCUT2D eigenvalue weighted by Crippen LogP contribution is -2.36. The Bertz CT molecular complexity index is 456. The Hall–Kier alpha value is -1.40. The van der Waals surface area contributed by atoms with Gasteiger partial charge in [-0.2, -0.15) is 0 Å². The second kappa shape index (κ2) is 7.40. The minimum absolute atomic E-state index is 0.117. The zero-order valence-corrected chi connectivity index (χ0v) is 13.0. The normalized spacial score (nSPS) is 14.4. The summed E-state index contributed by atoms with van der Waals surface area (Å²) in [4.78, 5) is 11.8. The molecule has 1 rings (SSSR count). The molecule has 20 heavy (non-hydrogen) atoms. The van der Waals surface area contributed by atoms with Gasteiger partial charge in [0.1, 0.15) is 5.60 Å². The molecule has 112 valence electrons. The van der Waals surface area contributed by atoms with E-state index in [1.54, 1.807) is 20.8 Å². The standard InChI is InChI=1S/C14H21NO4S/c1-14(2,3)19-13(16)15-12(10-18-20(4)17)11-8-6-5-7-9-11/h5-9,12H,10H2,1-4H3,(H,15,16). The third-order valence-corrected chi connectivity index (χ3v) is 2.76. The van der Waals surface area contributed by atoms with Crippen LogP contribution in [0.3, 0.4) is 0 Å². The van der Waals surface area contributed by atoms with Gasteiger partial charge in [-0.15, -0.1) is 0 Å². The van der Waals surface area contributed by atoms with Gasteiger partial charge in [-0.3, -0.25) is 4.18 Å². The molecule has 6 heteroatoms. The number of rotatable bonds is 5. The van der Waals surface area contributed by atoms with Gasteiger partial charge in [0.05, 0.1) is 12.6 Å². The van der Waals surface area contributed by atoms with Gasteiger partial charge in [0.25, 0.3) is 0 Å². The van der Waals surface area contributed by atoms with Gasteiger partial charge in [0, 0.05) is 6.26 Å². The van der Waals surface area contributed by atoms with Crippen LogP contribution in [0.2, 0.25) is 0 Å². The van der Waals surface area contributed by atoms with Crippen molar-refractivity contribution in [3.05, 3.63) is 35.9 Å². The lowest BCUT2D eigenvalue weighted by molar-refractivity contribution is 0.0489. The number of hydrogen-bond donors (Lipinski definition) is 1. The molecule has 1 amide bonds. The average Bonchev–Trinajstić information content (AvgIpc) is 2.33. The van der Waals surface area contributed by atoms with Crippen molar-refractivity contribution in [1.29, 1.82) is 0 Å². The maximum Gasteiger partial charge on any atom is 0.408 e. The van der Waals surface area contributed by atoms with E-state index in [0.717, 1.165) is 5.56 Å². The van der Waals surface area contributed by atoms with Gasteiger partial charge < -0.3 is 10.1 Å². The number of carbonyl (C=O) groups is 1. The predicted octanol–water partition coefficient (Wildman–Crippen LogP) is 2.56. The molecule has 0 radical (unpaired) electrons. The Morgan fingerprint density at radius 3 is 2.40 bits per heavy atom. The lowest BCUT2D eigenvalue weighted by atomic mass is 10.1. The molecule has 1 aromatic rings. The van der Waals surface area contributed by atoms with Crippen LogP contribution in [0.5, 0.6) is 0 Å². The number of nitrogens with one attached hydrogen (secondary N) is 1. The first kappa shape index (κ1) is 16.7. The summed E-state index contributed by atoms with van der Waals surface area (Å²) in [5.74, 6) is 0. The molecule has 0 aromatic heterocycles. The second-order valence-corrected chi connectivity index (χ2v) is 6.33. The first-order valence-corrected chi connectivity index (χ1v) is 7.77. The summed E-state index contributed by atoms with van der Waals surface area (Å²) in [5.41, 5.74) is 0.295. The number of ether oxygens (including phenoxy) is 1. The van der Waals surface area contributed by atoms with Gasteiger partial charge >= 0.3 is 6.09 Å². The fourth-order valence-corrected chi connectivity index (χ4v) is 1.85. The third kappa shape index (κ3) is 6.68. The Morgan fingerprint density at radius 1 is 1.30 bits per heavy atom. The van der Waals surface area contributed by atoms with Gasteiger partial charge in [-0.05, 0) is 26.3 Å². The fourth-order valence-electron chi connectivity index (χ4n) is 1.52. The highest BCUT2D eigenvalue weighted by atomic mass is 32.2. The highest BCUT2D eigenvalue weighted by molar-refractivity contribution is 7.79. The molecule has 1 N–H and O–H groups in total. The van der Waals surface area contributed by atoms with Crippen LogP contribution in [-0.2, 0) is 20.0 Å². The van der Waals surface area contributed by atoms with E-state index in [4.69, 9.17) is 8.92 Å². The van der Waals surface area contributed by atoms with Crippen LogP contribution >= 0.6 is 0 Å². The average molecular weight is 299 g/mol. The highest BCUT2D eigenvalue weighted by Crippen LogP contribution is 2.15. The molecule has 0 spiro atoms. The van der Waals surface area contributed by atoms with Crippen molar-refractivity contribution in [2.45, 2.75) is 32.4 Å². The number of benzene rings is 1. The van der Waals surface area contributed by atoms with Crippen LogP contribution in [0.1, 0.15) is 32.4 Å². The molecule has 0 fully saturated rings. The number of hydrogen-bond acceptors (Lipinski definition) is 4. The van der Waals surface area contributed by atoms with Crippen molar-refractivity contribution in [3.8, 4) is 0 Å². The summed E-state index contributed by atoms with van der Waals surface area (Å²) < 4.78 is 21.3. The van der Waals surface area contributed by atoms with E-state index in [-0.39, 0.29) is 6.61 Å². The van der Waals surface area contributed by atoms with E-state index in [1.807, 2.05) is 30.3 Å². The van der Waals surface area contributed by atoms with E-state index in [2.05, 4.69) is 5.32 Å². The highest BCUT2D eigenvalue weighted by Gasteiger charge is 2.21. The SMILES string of the molecule is CS(=O)OCC(NC(=O)OC(C)(C)C)c1ccccc1. The molecule has 0 aliphatic rings. The van der Waals surface area contributed by atoms with E-state index >= 15 is 0 Å². The monoisotopic (exact) mass is 299 g/mol. The van der Waals surface area contributed by atoms with Crippen molar-refractivity contribution in [2.24, 2.45) is 0 Å². The summed E-state index contributed by atoms with van der Waals surface area (Å²) in [6.07, 6.45) is 0.909. The molecule has 0 bridgehead atoms. The van der Waals surface area contributed by atoms with Crippen LogP contribution in [0.25, 0.3) is 0 Å². The molecule has 0 aliphatic carbocycles. The molecule has 5 nitrogen and oxygen atoms in total.